The van der Waals surface area contributed by atoms with E-state index in [0.29, 0.717) is 11.0 Å². The third-order valence-electron chi connectivity index (χ3n) is 2.66. The number of halogens is 1. The van der Waals surface area contributed by atoms with Gasteiger partial charge in [-0.15, -0.1) is 0 Å². The molecule has 0 unspecified atom stereocenters. The van der Waals surface area contributed by atoms with Crippen LogP contribution in [-0.4, -0.2) is 5.11 Å². The Morgan fingerprint density at radius 2 is 1.94 bits per heavy atom. The summed E-state index contributed by atoms with van der Waals surface area (Å²) < 4.78 is 6.01. The SMILES string of the molecule is O=c1cc(O)c2c(ccc3cc(Br)ccc32)o1. The van der Waals surface area contributed by atoms with Gasteiger partial charge in [0.25, 0.3) is 0 Å². The van der Waals surface area contributed by atoms with Crippen LogP contribution in [0.5, 0.6) is 5.75 Å². The summed E-state index contributed by atoms with van der Waals surface area (Å²) in [6.07, 6.45) is 0. The number of aromatic hydroxyl groups is 1. The van der Waals surface area contributed by atoms with Crippen LogP contribution in [0.25, 0.3) is 21.7 Å². The maximum absolute atomic E-state index is 11.2. The van der Waals surface area contributed by atoms with Gasteiger partial charge in [-0.1, -0.05) is 28.1 Å². The van der Waals surface area contributed by atoms with Gasteiger partial charge in [0.05, 0.1) is 11.5 Å². The molecule has 3 rings (SSSR count). The first kappa shape index (κ1) is 10.4. The van der Waals surface area contributed by atoms with Crippen molar-refractivity contribution in [2.45, 2.75) is 0 Å². The van der Waals surface area contributed by atoms with Gasteiger partial charge in [0, 0.05) is 4.47 Å². The molecule has 17 heavy (non-hydrogen) atoms. The predicted octanol–water partition coefficient (Wildman–Crippen LogP) is 3.41. The maximum Gasteiger partial charge on any atom is 0.339 e. The average molecular weight is 291 g/mol. The lowest BCUT2D eigenvalue weighted by Gasteiger charge is -2.04. The first-order chi connectivity index (χ1) is 8.15. The molecule has 0 amide bonds. The minimum Gasteiger partial charge on any atom is -0.507 e. The zero-order chi connectivity index (χ0) is 12.0. The molecule has 1 N–H and O–H groups in total. The molecule has 84 valence electrons. The van der Waals surface area contributed by atoms with Gasteiger partial charge < -0.3 is 9.52 Å². The van der Waals surface area contributed by atoms with Crippen molar-refractivity contribution in [1.82, 2.24) is 0 Å². The monoisotopic (exact) mass is 290 g/mol. The van der Waals surface area contributed by atoms with Crippen molar-refractivity contribution >= 4 is 37.7 Å². The fraction of sp³-hybridized carbons (Fsp3) is 0. The molecule has 0 saturated carbocycles. The number of hydrogen-bond acceptors (Lipinski definition) is 3. The van der Waals surface area contributed by atoms with E-state index in [1.165, 1.54) is 0 Å². The number of hydrogen-bond donors (Lipinski definition) is 1. The molecule has 0 atom stereocenters. The second-order valence-electron chi connectivity index (χ2n) is 3.75. The largest absolute Gasteiger partial charge is 0.507 e. The first-order valence-corrected chi connectivity index (χ1v) is 5.79. The minimum absolute atomic E-state index is 0.0517. The van der Waals surface area contributed by atoms with Crippen molar-refractivity contribution < 1.29 is 9.52 Å². The standard InChI is InChI=1S/C13H7BrO3/c14-8-2-3-9-7(5-8)1-4-11-13(9)10(15)6-12(16)17-11/h1-6,15H. The summed E-state index contributed by atoms with van der Waals surface area (Å²) in [6, 6.07) is 10.3. The Hall–Kier alpha value is -1.81. The van der Waals surface area contributed by atoms with Crippen LogP contribution in [0.15, 0.2) is 50.1 Å². The van der Waals surface area contributed by atoms with Crippen LogP contribution >= 0.6 is 15.9 Å². The highest BCUT2D eigenvalue weighted by Crippen LogP contribution is 2.32. The fourth-order valence-corrected chi connectivity index (χ4v) is 2.33. The van der Waals surface area contributed by atoms with Gasteiger partial charge >= 0.3 is 5.63 Å². The summed E-state index contributed by atoms with van der Waals surface area (Å²) in [5.41, 5.74) is -0.156. The summed E-state index contributed by atoms with van der Waals surface area (Å²) in [7, 11) is 0. The van der Waals surface area contributed by atoms with Gasteiger partial charge in [-0.3, -0.25) is 0 Å². The van der Waals surface area contributed by atoms with E-state index in [4.69, 9.17) is 4.42 Å². The number of benzene rings is 2. The van der Waals surface area contributed by atoms with Crippen LogP contribution in [0.1, 0.15) is 0 Å². The summed E-state index contributed by atoms with van der Waals surface area (Å²) in [5.74, 6) is -0.0517. The Morgan fingerprint density at radius 3 is 2.76 bits per heavy atom. The molecule has 0 aliphatic rings. The number of rotatable bonds is 0. The van der Waals surface area contributed by atoms with E-state index in [0.717, 1.165) is 21.3 Å². The van der Waals surface area contributed by atoms with E-state index in [1.807, 2.05) is 24.3 Å². The van der Waals surface area contributed by atoms with Crippen molar-refractivity contribution in [3.63, 3.8) is 0 Å². The molecular formula is C13H7BrO3. The minimum atomic E-state index is -0.550. The van der Waals surface area contributed by atoms with Crippen LogP contribution < -0.4 is 5.63 Å². The Morgan fingerprint density at radius 1 is 1.12 bits per heavy atom. The van der Waals surface area contributed by atoms with Crippen molar-refractivity contribution in [2.75, 3.05) is 0 Å². The maximum atomic E-state index is 11.2. The molecule has 0 fully saturated rings. The van der Waals surface area contributed by atoms with Gasteiger partial charge in [-0.25, -0.2) is 4.79 Å². The molecule has 0 radical (unpaired) electrons. The fourth-order valence-electron chi connectivity index (χ4n) is 1.95. The smallest absolute Gasteiger partial charge is 0.339 e. The molecule has 1 aromatic heterocycles. The second kappa shape index (κ2) is 3.60. The highest BCUT2D eigenvalue weighted by Gasteiger charge is 2.08. The summed E-state index contributed by atoms with van der Waals surface area (Å²) >= 11 is 3.39. The Labute approximate surface area is 104 Å². The van der Waals surface area contributed by atoms with Gasteiger partial charge in [0.2, 0.25) is 0 Å². The first-order valence-electron chi connectivity index (χ1n) is 5.00. The topological polar surface area (TPSA) is 50.4 Å². The molecule has 0 bridgehead atoms. The van der Waals surface area contributed by atoms with Crippen molar-refractivity contribution in [2.24, 2.45) is 0 Å². The van der Waals surface area contributed by atoms with Gasteiger partial charge in [-0.05, 0) is 29.0 Å². The van der Waals surface area contributed by atoms with E-state index >= 15 is 0 Å². The zero-order valence-corrected chi connectivity index (χ0v) is 10.2. The average Bonchev–Trinajstić information content (AvgIpc) is 2.28. The Bertz CT molecular complexity index is 790. The van der Waals surface area contributed by atoms with Crippen molar-refractivity contribution in [1.29, 1.82) is 0 Å². The van der Waals surface area contributed by atoms with Gasteiger partial charge in [0.1, 0.15) is 11.3 Å². The third-order valence-corrected chi connectivity index (χ3v) is 3.16. The molecule has 3 nitrogen and oxygen atoms in total. The van der Waals surface area contributed by atoms with E-state index < -0.39 is 5.63 Å². The second-order valence-corrected chi connectivity index (χ2v) is 4.67. The van der Waals surface area contributed by atoms with Crippen LogP contribution in [-0.2, 0) is 0 Å². The van der Waals surface area contributed by atoms with Crippen LogP contribution in [0.2, 0.25) is 0 Å². The Balaban J connectivity index is 2.60. The summed E-state index contributed by atoms with van der Waals surface area (Å²) in [5, 5.41) is 12.2. The van der Waals surface area contributed by atoms with E-state index in [9.17, 15) is 9.90 Å². The number of fused-ring (bicyclic) bond motifs is 3. The lowest BCUT2D eigenvalue weighted by atomic mass is 10.1. The van der Waals surface area contributed by atoms with Crippen LogP contribution in [0.4, 0.5) is 0 Å². The molecule has 3 aromatic rings. The Kier molecular flexibility index (Phi) is 2.19. The third kappa shape index (κ3) is 1.61. The van der Waals surface area contributed by atoms with Crippen molar-refractivity contribution in [3.05, 3.63) is 51.3 Å². The lowest BCUT2D eigenvalue weighted by Crippen LogP contribution is -1.95. The highest BCUT2D eigenvalue weighted by atomic mass is 79.9. The molecule has 0 spiro atoms. The molecular weight excluding hydrogens is 284 g/mol. The van der Waals surface area contributed by atoms with E-state index in [1.54, 1.807) is 6.07 Å². The molecule has 0 saturated heterocycles. The van der Waals surface area contributed by atoms with E-state index in [2.05, 4.69) is 15.9 Å². The predicted molar refractivity (Wildman–Crippen MR) is 69.4 cm³/mol. The van der Waals surface area contributed by atoms with Crippen molar-refractivity contribution in [3.8, 4) is 5.75 Å². The summed E-state index contributed by atoms with van der Waals surface area (Å²) in [4.78, 5) is 11.2. The van der Waals surface area contributed by atoms with Gasteiger partial charge in [0.15, 0.2) is 0 Å². The van der Waals surface area contributed by atoms with Gasteiger partial charge in [-0.2, -0.15) is 0 Å². The lowest BCUT2D eigenvalue weighted by molar-refractivity contribution is 0.468. The molecule has 0 aliphatic heterocycles. The normalized spacial score (nSPS) is 11.1. The van der Waals surface area contributed by atoms with Crippen LogP contribution in [0, 0.1) is 0 Å². The van der Waals surface area contributed by atoms with E-state index in [-0.39, 0.29) is 5.75 Å². The molecule has 0 aliphatic carbocycles. The molecule has 1 heterocycles. The highest BCUT2D eigenvalue weighted by molar-refractivity contribution is 9.10. The van der Waals surface area contributed by atoms with Crippen LogP contribution in [0.3, 0.4) is 0 Å². The quantitative estimate of drug-likeness (QED) is 0.510. The molecule has 2 aromatic carbocycles. The summed E-state index contributed by atoms with van der Waals surface area (Å²) in [6.45, 7) is 0. The molecule has 4 heteroatoms. The zero-order valence-electron chi connectivity index (χ0n) is 8.61.